The first-order valence-electron chi connectivity index (χ1n) is 18.1. The monoisotopic (exact) mass is 754 g/mol. The van der Waals surface area contributed by atoms with Crippen molar-refractivity contribution in [2.24, 2.45) is 0 Å². The Labute approximate surface area is 322 Å². The molecule has 0 heterocycles. The third-order valence-electron chi connectivity index (χ3n) is 9.29. The summed E-state index contributed by atoms with van der Waals surface area (Å²) in [7, 11) is -0.167. The van der Waals surface area contributed by atoms with E-state index in [1.165, 1.54) is 52.8 Å². The second-order valence-electron chi connectivity index (χ2n) is 15.3. The maximum atomic E-state index is 6.99. The second-order valence-corrected chi connectivity index (χ2v) is 22.4. The summed E-state index contributed by atoms with van der Waals surface area (Å²) < 4.78 is 14.0. The lowest BCUT2D eigenvalue weighted by Crippen LogP contribution is -2.44. The van der Waals surface area contributed by atoms with Crippen molar-refractivity contribution in [3.63, 3.8) is 0 Å². The van der Waals surface area contributed by atoms with Crippen LogP contribution in [-0.2, 0) is 32.9 Å². The molecular weight excluding hydrogens is 705 g/mol. The molecular formula is C46H50O2S2Si2. The highest BCUT2D eigenvalue weighted by Crippen LogP contribution is 2.43. The van der Waals surface area contributed by atoms with Crippen molar-refractivity contribution < 1.29 is 8.85 Å². The largest absolute Gasteiger partial charge is 0.407 e. The van der Waals surface area contributed by atoms with E-state index in [9.17, 15) is 0 Å². The lowest BCUT2D eigenvalue weighted by Gasteiger charge is -2.24. The van der Waals surface area contributed by atoms with E-state index in [4.69, 9.17) is 8.85 Å². The first-order valence-corrected chi connectivity index (χ1v) is 23.5. The van der Waals surface area contributed by atoms with Gasteiger partial charge in [0.05, 0.1) is 13.2 Å². The van der Waals surface area contributed by atoms with Crippen LogP contribution in [0.4, 0.5) is 0 Å². The Balaban J connectivity index is 1.28. The highest BCUT2D eigenvalue weighted by atomic mass is 33.1. The summed E-state index contributed by atoms with van der Waals surface area (Å²) in [5.74, 6) is 0. The molecule has 6 aromatic rings. The van der Waals surface area contributed by atoms with E-state index in [1.54, 1.807) is 0 Å². The smallest absolute Gasteiger partial charge is 0.240 e. The van der Waals surface area contributed by atoms with E-state index >= 15 is 0 Å². The number of rotatable bonds is 13. The maximum absolute atomic E-state index is 6.99. The van der Waals surface area contributed by atoms with Crippen LogP contribution in [0.5, 0.6) is 0 Å². The van der Waals surface area contributed by atoms with Crippen LogP contribution in [0.25, 0.3) is 0 Å². The van der Waals surface area contributed by atoms with Gasteiger partial charge < -0.3 is 8.85 Å². The van der Waals surface area contributed by atoms with Crippen molar-refractivity contribution in [2.75, 3.05) is 0 Å². The molecule has 0 N–H and O–H groups in total. The van der Waals surface area contributed by atoms with Gasteiger partial charge in [0.2, 0.25) is 18.1 Å². The van der Waals surface area contributed by atoms with Crippen LogP contribution in [0.15, 0.2) is 168 Å². The highest BCUT2D eigenvalue weighted by molar-refractivity contribution is 8.76. The fourth-order valence-electron chi connectivity index (χ4n) is 6.20. The molecule has 6 rings (SSSR count). The average Bonchev–Trinajstić information content (AvgIpc) is 3.15. The molecule has 0 atom stereocenters. The average molecular weight is 755 g/mol. The molecule has 0 saturated heterocycles. The molecule has 0 radical (unpaired) electrons. The topological polar surface area (TPSA) is 18.5 Å². The quantitative estimate of drug-likeness (QED) is 0.0865. The molecule has 6 aromatic carbocycles. The van der Waals surface area contributed by atoms with E-state index < -0.39 is 18.1 Å². The van der Waals surface area contributed by atoms with E-state index in [0.29, 0.717) is 13.2 Å². The van der Waals surface area contributed by atoms with Gasteiger partial charge in [-0.3, -0.25) is 0 Å². The number of hydrogen-bond donors (Lipinski definition) is 0. The molecule has 0 aliphatic heterocycles. The van der Waals surface area contributed by atoms with Gasteiger partial charge in [0, 0.05) is 9.79 Å². The lowest BCUT2D eigenvalue weighted by atomic mass is 9.86. The maximum Gasteiger partial charge on any atom is 0.240 e. The van der Waals surface area contributed by atoms with Gasteiger partial charge in [-0.15, -0.1) is 0 Å². The summed E-state index contributed by atoms with van der Waals surface area (Å²) in [6.45, 7) is 14.8. The summed E-state index contributed by atoms with van der Waals surface area (Å²) in [6.07, 6.45) is 0. The van der Waals surface area contributed by atoms with Crippen molar-refractivity contribution in [3.8, 4) is 0 Å². The predicted molar refractivity (Wildman–Crippen MR) is 230 cm³/mol. The summed E-state index contributed by atoms with van der Waals surface area (Å²) in [5.41, 5.74) is 5.18. The van der Waals surface area contributed by atoms with Crippen LogP contribution in [0, 0.1) is 0 Å². The van der Waals surface area contributed by atoms with Gasteiger partial charge in [-0.25, -0.2) is 0 Å². The normalized spacial score (nSPS) is 12.1. The van der Waals surface area contributed by atoms with Crippen LogP contribution >= 0.6 is 21.6 Å². The van der Waals surface area contributed by atoms with E-state index in [1.807, 2.05) is 21.6 Å². The lowest BCUT2D eigenvalue weighted by molar-refractivity contribution is 0.318. The zero-order chi connectivity index (χ0) is 36.6. The van der Waals surface area contributed by atoms with Gasteiger partial charge in [0.1, 0.15) is 0 Å². The Morgan fingerprint density at radius 3 is 0.962 bits per heavy atom. The molecule has 0 aliphatic rings. The Morgan fingerprint density at radius 2 is 0.692 bits per heavy atom. The first-order chi connectivity index (χ1) is 25.1. The molecule has 2 nitrogen and oxygen atoms in total. The van der Waals surface area contributed by atoms with Gasteiger partial charge in [0.15, 0.2) is 0 Å². The van der Waals surface area contributed by atoms with Crippen LogP contribution < -0.4 is 20.7 Å². The van der Waals surface area contributed by atoms with Crippen molar-refractivity contribution in [1.82, 2.24) is 0 Å². The van der Waals surface area contributed by atoms with Gasteiger partial charge in [-0.1, -0.05) is 209 Å². The van der Waals surface area contributed by atoms with Gasteiger partial charge in [-0.05, 0) is 66.0 Å². The Morgan fingerprint density at radius 1 is 0.404 bits per heavy atom. The molecule has 0 aliphatic carbocycles. The van der Waals surface area contributed by atoms with E-state index in [0.717, 1.165) is 0 Å². The zero-order valence-corrected chi connectivity index (χ0v) is 35.2. The molecule has 0 bridgehead atoms. The summed E-state index contributed by atoms with van der Waals surface area (Å²) in [5, 5.41) is 5.17. The third kappa shape index (κ3) is 10.1. The minimum atomic E-state index is -1.91. The summed E-state index contributed by atoms with van der Waals surface area (Å²) in [4.78, 5) is 2.47. The van der Waals surface area contributed by atoms with E-state index in [-0.39, 0.29) is 10.8 Å². The van der Waals surface area contributed by atoms with Crippen molar-refractivity contribution in [3.05, 3.63) is 180 Å². The Hall–Kier alpha value is -3.63. The van der Waals surface area contributed by atoms with Crippen LogP contribution in [0.3, 0.4) is 0 Å². The molecule has 0 aromatic heterocycles. The SMILES string of the molecule is CC(C)(C)c1ccc(SSc2ccc(C(C)(C)C)cc2CO[SiH](c2ccccc2)c2ccccc2)c(CO[SiH](c2ccccc2)c2ccccc2)c1. The minimum Gasteiger partial charge on any atom is -0.407 e. The standard InChI is InChI=1S/C46H50O2S2Si2/c1-45(2,3)37-27-29-43(35(31-37)33-47-51(39-19-11-7-12-20-39)40-21-13-8-14-22-40)49-50-44-30-28-38(46(4,5)6)32-36(44)34-48-52(41-23-15-9-16-24-41)42-25-17-10-18-26-42/h7-32,51-52H,33-34H2,1-6H3. The summed E-state index contributed by atoms with van der Waals surface area (Å²) >= 11 is 0. The molecule has 0 unspecified atom stereocenters. The molecule has 0 fully saturated rings. The fourth-order valence-corrected chi connectivity index (χ4v) is 13.1. The van der Waals surface area contributed by atoms with Gasteiger partial charge in [0.25, 0.3) is 0 Å². The molecule has 6 heteroatoms. The third-order valence-corrected chi connectivity index (χ3v) is 16.8. The Kier molecular flexibility index (Phi) is 12.8. The van der Waals surface area contributed by atoms with Gasteiger partial charge in [-0.2, -0.15) is 0 Å². The van der Waals surface area contributed by atoms with Crippen LogP contribution in [-0.4, -0.2) is 18.1 Å². The van der Waals surface area contributed by atoms with Crippen LogP contribution in [0.2, 0.25) is 0 Å². The molecule has 0 amide bonds. The zero-order valence-electron chi connectivity index (χ0n) is 31.2. The number of hydrogen-bond acceptors (Lipinski definition) is 4. The van der Waals surface area contributed by atoms with E-state index in [2.05, 4.69) is 199 Å². The van der Waals surface area contributed by atoms with Crippen molar-refractivity contribution in [1.29, 1.82) is 0 Å². The second kappa shape index (κ2) is 17.5. The molecule has 52 heavy (non-hydrogen) atoms. The highest BCUT2D eigenvalue weighted by Gasteiger charge is 2.23. The van der Waals surface area contributed by atoms with Crippen LogP contribution in [0.1, 0.15) is 63.8 Å². The van der Waals surface area contributed by atoms with Crippen molar-refractivity contribution >= 4 is 60.4 Å². The molecule has 266 valence electrons. The van der Waals surface area contributed by atoms with Crippen molar-refractivity contribution in [2.45, 2.75) is 75.4 Å². The number of benzene rings is 6. The van der Waals surface area contributed by atoms with Gasteiger partial charge >= 0.3 is 0 Å². The first kappa shape index (κ1) is 38.1. The fraction of sp³-hybridized carbons (Fsp3) is 0.217. The predicted octanol–water partition coefficient (Wildman–Crippen LogP) is 9.19. The summed E-state index contributed by atoms with van der Waals surface area (Å²) in [6, 6.07) is 56.9. The molecule has 0 saturated carbocycles. The Bertz CT molecular complexity index is 1780. The minimum absolute atomic E-state index is 0.0337. The molecule has 0 spiro atoms.